The Balaban J connectivity index is 2.49. The SMILES string of the molecule is C#CCNCC(=O)N(C)Cc1ccccc1F. The Kier molecular flexibility index (Phi) is 5.18. The molecule has 0 aliphatic heterocycles. The van der Waals surface area contributed by atoms with E-state index in [4.69, 9.17) is 6.42 Å². The van der Waals surface area contributed by atoms with Crippen molar-refractivity contribution < 1.29 is 9.18 Å². The molecule has 0 atom stereocenters. The van der Waals surface area contributed by atoms with Gasteiger partial charge in [0, 0.05) is 19.2 Å². The lowest BCUT2D eigenvalue weighted by molar-refractivity contribution is -0.129. The molecule has 0 aliphatic rings. The first kappa shape index (κ1) is 13.2. The van der Waals surface area contributed by atoms with E-state index in [9.17, 15) is 9.18 Å². The number of halogens is 1. The minimum atomic E-state index is -0.302. The highest BCUT2D eigenvalue weighted by Crippen LogP contribution is 2.08. The largest absolute Gasteiger partial charge is 0.340 e. The van der Waals surface area contributed by atoms with Crippen LogP contribution in [0.2, 0.25) is 0 Å². The van der Waals surface area contributed by atoms with Gasteiger partial charge in [0.1, 0.15) is 5.82 Å². The zero-order valence-corrected chi connectivity index (χ0v) is 9.74. The minimum Gasteiger partial charge on any atom is -0.340 e. The van der Waals surface area contributed by atoms with E-state index in [0.29, 0.717) is 12.1 Å². The van der Waals surface area contributed by atoms with E-state index in [2.05, 4.69) is 11.2 Å². The molecule has 17 heavy (non-hydrogen) atoms. The van der Waals surface area contributed by atoms with Gasteiger partial charge >= 0.3 is 0 Å². The van der Waals surface area contributed by atoms with E-state index in [1.807, 2.05) is 0 Å². The normalized spacial score (nSPS) is 9.71. The van der Waals surface area contributed by atoms with Gasteiger partial charge in [0.25, 0.3) is 0 Å². The van der Waals surface area contributed by atoms with Crippen LogP contribution in [0.5, 0.6) is 0 Å². The Hall–Kier alpha value is -1.86. The number of carbonyl (C=O) groups is 1. The fraction of sp³-hybridized carbons (Fsp3) is 0.308. The van der Waals surface area contributed by atoms with Gasteiger partial charge in [-0.05, 0) is 6.07 Å². The lowest BCUT2D eigenvalue weighted by Gasteiger charge is -2.17. The molecule has 1 aromatic carbocycles. The Bertz CT molecular complexity index is 426. The van der Waals surface area contributed by atoms with Crippen LogP contribution in [-0.2, 0) is 11.3 Å². The summed E-state index contributed by atoms with van der Waals surface area (Å²) < 4.78 is 13.3. The summed E-state index contributed by atoms with van der Waals surface area (Å²) in [6, 6.07) is 6.40. The molecule has 3 nitrogen and oxygen atoms in total. The van der Waals surface area contributed by atoms with Gasteiger partial charge in [0.2, 0.25) is 5.91 Å². The van der Waals surface area contributed by atoms with Crippen molar-refractivity contribution in [3.05, 3.63) is 35.6 Å². The zero-order valence-electron chi connectivity index (χ0n) is 9.74. The third kappa shape index (κ3) is 4.25. The van der Waals surface area contributed by atoms with Crippen molar-refractivity contribution in [1.29, 1.82) is 0 Å². The van der Waals surface area contributed by atoms with Crippen molar-refractivity contribution in [3.63, 3.8) is 0 Å². The maximum Gasteiger partial charge on any atom is 0.236 e. The number of benzene rings is 1. The van der Waals surface area contributed by atoms with Crippen molar-refractivity contribution in [2.45, 2.75) is 6.54 Å². The predicted molar refractivity (Wildman–Crippen MR) is 64.6 cm³/mol. The summed E-state index contributed by atoms with van der Waals surface area (Å²) in [4.78, 5) is 13.1. The van der Waals surface area contributed by atoms with E-state index in [0.717, 1.165) is 0 Å². The van der Waals surface area contributed by atoms with Crippen molar-refractivity contribution in [2.24, 2.45) is 0 Å². The maximum absolute atomic E-state index is 13.3. The van der Waals surface area contributed by atoms with Crippen LogP contribution >= 0.6 is 0 Å². The fourth-order valence-corrected chi connectivity index (χ4v) is 1.35. The molecule has 1 aromatic rings. The quantitative estimate of drug-likeness (QED) is 0.609. The second-order valence-corrected chi connectivity index (χ2v) is 3.65. The lowest BCUT2D eigenvalue weighted by atomic mass is 10.2. The molecule has 0 saturated heterocycles. The van der Waals surface area contributed by atoms with Crippen LogP contribution in [0.1, 0.15) is 5.56 Å². The zero-order chi connectivity index (χ0) is 12.7. The Morgan fingerprint density at radius 2 is 2.24 bits per heavy atom. The molecule has 0 unspecified atom stereocenters. The first-order valence-electron chi connectivity index (χ1n) is 5.26. The van der Waals surface area contributed by atoms with Gasteiger partial charge in [0.15, 0.2) is 0 Å². The monoisotopic (exact) mass is 234 g/mol. The number of likely N-dealkylation sites (N-methyl/N-ethyl adjacent to an activating group) is 1. The average molecular weight is 234 g/mol. The lowest BCUT2D eigenvalue weighted by Crippen LogP contribution is -2.35. The first-order valence-corrected chi connectivity index (χ1v) is 5.26. The van der Waals surface area contributed by atoms with Crippen molar-refractivity contribution in [3.8, 4) is 12.3 Å². The second kappa shape index (κ2) is 6.66. The van der Waals surface area contributed by atoms with E-state index < -0.39 is 0 Å². The summed E-state index contributed by atoms with van der Waals surface area (Å²) in [6.07, 6.45) is 5.05. The number of rotatable bonds is 5. The van der Waals surface area contributed by atoms with Gasteiger partial charge in [-0.1, -0.05) is 24.1 Å². The van der Waals surface area contributed by atoms with Crippen LogP contribution < -0.4 is 5.32 Å². The molecule has 1 rings (SSSR count). The van der Waals surface area contributed by atoms with Gasteiger partial charge in [-0.2, -0.15) is 0 Å². The number of amides is 1. The maximum atomic E-state index is 13.3. The molecule has 4 heteroatoms. The van der Waals surface area contributed by atoms with Gasteiger partial charge in [0.05, 0.1) is 13.1 Å². The summed E-state index contributed by atoms with van der Waals surface area (Å²) in [7, 11) is 1.63. The smallest absolute Gasteiger partial charge is 0.236 e. The topological polar surface area (TPSA) is 32.3 Å². The standard InChI is InChI=1S/C13H15FN2O/c1-3-8-15-9-13(17)16(2)10-11-6-4-5-7-12(11)14/h1,4-7,15H,8-10H2,2H3. The molecule has 1 amide bonds. The molecular formula is C13H15FN2O. The molecule has 0 fully saturated rings. The highest BCUT2D eigenvalue weighted by Gasteiger charge is 2.10. The van der Waals surface area contributed by atoms with Crippen molar-refractivity contribution >= 4 is 5.91 Å². The Labute approximate surface area is 101 Å². The molecule has 90 valence electrons. The molecular weight excluding hydrogens is 219 g/mol. The van der Waals surface area contributed by atoms with E-state index >= 15 is 0 Å². The van der Waals surface area contributed by atoms with Crippen LogP contribution in [0.25, 0.3) is 0 Å². The molecule has 0 aliphatic carbocycles. The third-order valence-corrected chi connectivity index (χ3v) is 2.29. The van der Waals surface area contributed by atoms with Crippen molar-refractivity contribution in [1.82, 2.24) is 10.2 Å². The molecule has 0 aromatic heterocycles. The molecule has 0 heterocycles. The number of terminal acetylenes is 1. The van der Waals surface area contributed by atoms with Gasteiger partial charge in [-0.3, -0.25) is 10.1 Å². The van der Waals surface area contributed by atoms with E-state index in [1.54, 1.807) is 25.2 Å². The summed E-state index contributed by atoms with van der Waals surface area (Å²) in [5, 5.41) is 2.80. The third-order valence-electron chi connectivity index (χ3n) is 2.29. The number of carbonyl (C=O) groups excluding carboxylic acids is 1. The van der Waals surface area contributed by atoms with Crippen LogP contribution in [0, 0.1) is 18.2 Å². The number of nitrogens with zero attached hydrogens (tertiary/aromatic N) is 1. The number of nitrogens with one attached hydrogen (secondary N) is 1. The average Bonchev–Trinajstić information content (AvgIpc) is 2.32. The molecule has 0 saturated carbocycles. The van der Waals surface area contributed by atoms with Gasteiger partial charge in [-0.15, -0.1) is 6.42 Å². The van der Waals surface area contributed by atoms with Crippen LogP contribution in [-0.4, -0.2) is 30.9 Å². The van der Waals surface area contributed by atoms with Crippen molar-refractivity contribution in [2.75, 3.05) is 20.1 Å². The number of hydrogen-bond donors (Lipinski definition) is 1. The molecule has 0 bridgehead atoms. The summed E-state index contributed by atoms with van der Waals surface area (Å²) >= 11 is 0. The Morgan fingerprint density at radius 3 is 2.88 bits per heavy atom. The first-order chi connectivity index (χ1) is 8.15. The second-order valence-electron chi connectivity index (χ2n) is 3.65. The molecule has 0 radical (unpaired) electrons. The Morgan fingerprint density at radius 1 is 1.53 bits per heavy atom. The predicted octanol–water partition coefficient (Wildman–Crippen LogP) is 1.01. The van der Waals surface area contributed by atoms with E-state index in [1.165, 1.54) is 11.0 Å². The molecule has 0 spiro atoms. The minimum absolute atomic E-state index is 0.122. The van der Waals surface area contributed by atoms with Gasteiger partial charge in [-0.25, -0.2) is 4.39 Å². The number of hydrogen-bond acceptors (Lipinski definition) is 2. The van der Waals surface area contributed by atoms with E-state index in [-0.39, 0.29) is 24.8 Å². The fourth-order valence-electron chi connectivity index (χ4n) is 1.35. The highest BCUT2D eigenvalue weighted by atomic mass is 19.1. The summed E-state index contributed by atoms with van der Waals surface area (Å²) in [5.41, 5.74) is 0.500. The summed E-state index contributed by atoms with van der Waals surface area (Å²) in [5.74, 6) is 1.96. The van der Waals surface area contributed by atoms with Crippen LogP contribution in [0.4, 0.5) is 4.39 Å². The van der Waals surface area contributed by atoms with Gasteiger partial charge < -0.3 is 4.90 Å². The summed E-state index contributed by atoms with van der Waals surface area (Å²) in [6.45, 7) is 0.762. The van der Waals surface area contributed by atoms with Crippen LogP contribution in [0.15, 0.2) is 24.3 Å². The molecule has 1 N–H and O–H groups in total. The highest BCUT2D eigenvalue weighted by molar-refractivity contribution is 5.78. The van der Waals surface area contributed by atoms with Crippen LogP contribution in [0.3, 0.4) is 0 Å².